The number of ketones is 1. The highest BCUT2D eigenvalue weighted by Gasteiger charge is 2.55. The number of carbonyl (C=O) groups excluding carboxylic acids is 2. The van der Waals surface area contributed by atoms with Crippen molar-refractivity contribution in [3.63, 3.8) is 0 Å². The summed E-state index contributed by atoms with van der Waals surface area (Å²) in [4.78, 5) is 30.8. The summed E-state index contributed by atoms with van der Waals surface area (Å²) in [7, 11) is 0. The second kappa shape index (κ2) is 11.4. The van der Waals surface area contributed by atoms with Gasteiger partial charge in [0, 0.05) is 17.7 Å². The topological polar surface area (TPSA) is 109 Å². The van der Waals surface area contributed by atoms with E-state index in [1.807, 2.05) is 32.2 Å². The van der Waals surface area contributed by atoms with Crippen molar-refractivity contribution in [1.29, 1.82) is 0 Å². The number of aliphatic hydroxyl groups is 2. The first-order valence-corrected chi connectivity index (χ1v) is 14.1. The van der Waals surface area contributed by atoms with Gasteiger partial charge in [0.05, 0.1) is 46.5 Å². The van der Waals surface area contributed by atoms with Crippen LogP contribution in [0.2, 0.25) is 0 Å². The van der Waals surface area contributed by atoms with E-state index in [1.54, 1.807) is 32.1 Å². The number of nitrogens with zero attached hydrogens (tertiary/aromatic N) is 1. The fourth-order valence-corrected chi connectivity index (χ4v) is 6.00. The van der Waals surface area contributed by atoms with Crippen LogP contribution in [0.5, 0.6) is 0 Å². The molecule has 0 saturated carbocycles. The van der Waals surface area contributed by atoms with Gasteiger partial charge in [0.25, 0.3) is 0 Å². The van der Waals surface area contributed by atoms with Crippen molar-refractivity contribution in [1.82, 2.24) is 4.98 Å². The molecule has 36 heavy (non-hydrogen) atoms. The number of ether oxygens (including phenoxy) is 2. The summed E-state index contributed by atoms with van der Waals surface area (Å²) in [6.45, 7) is 12.9. The predicted molar refractivity (Wildman–Crippen MR) is 140 cm³/mol. The van der Waals surface area contributed by atoms with Crippen LogP contribution in [0.1, 0.15) is 90.8 Å². The van der Waals surface area contributed by atoms with Gasteiger partial charge in [0.1, 0.15) is 11.9 Å². The van der Waals surface area contributed by atoms with Gasteiger partial charge in [-0.1, -0.05) is 41.0 Å². The van der Waals surface area contributed by atoms with Gasteiger partial charge in [-0.05, 0) is 50.7 Å². The SMILES string of the molecule is CC[C@@]12CCC[C@H](C)[C@H](O)[C@@H](C)C(=O)C(C)(C)[C@@H](O)CC(=O)O[C@H](/C(C)=C/c3csc(C)n3)C[C@@H]1O2. The van der Waals surface area contributed by atoms with Crippen molar-refractivity contribution in [3.05, 3.63) is 21.7 Å². The van der Waals surface area contributed by atoms with Gasteiger partial charge < -0.3 is 19.7 Å². The molecule has 0 unspecified atom stereocenters. The summed E-state index contributed by atoms with van der Waals surface area (Å²) in [5.41, 5.74) is 0.230. The molecule has 0 bridgehead atoms. The number of fused-ring (bicyclic) bond motifs is 1. The Morgan fingerprint density at radius 3 is 2.58 bits per heavy atom. The zero-order valence-corrected chi connectivity index (χ0v) is 23.6. The summed E-state index contributed by atoms with van der Waals surface area (Å²) < 4.78 is 12.1. The van der Waals surface area contributed by atoms with Crippen LogP contribution in [0, 0.1) is 24.2 Å². The quantitative estimate of drug-likeness (QED) is 0.431. The van der Waals surface area contributed by atoms with Crippen LogP contribution >= 0.6 is 11.3 Å². The molecule has 8 heteroatoms. The maximum absolute atomic E-state index is 13.3. The molecule has 7 nitrogen and oxygen atoms in total. The van der Waals surface area contributed by atoms with E-state index < -0.39 is 35.6 Å². The largest absolute Gasteiger partial charge is 0.458 e. The van der Waals surface area contributed by atoms with Gasteiger partial charge in [-0.3, -0.25) is 9.59 Å². The molecule has 202 valence electrons. The lowest BCUT2D eigenvalue weighted by Crippen LogP contribution is -2.45. The first-order chi connectivity index (χ1) is 16.8. The van der Waals surface area contributed by atoms with Crippen LogP contribution in [-0.4, -0.2) is 57.0 Å². The summed E-state index contributed by atoms with van der Waals surface area (Å²) in [6.07, 6.45) is 2.92. The maximum atomic E-state index is 13.3. The van der Waals surface area contributed by atoms with Gasteiger partial charge in [-0.2, -0.15) is 0 Å². The molecule has 0 aliphatic carbocycles. The number of aliphatic hydroxyl groups excluding tert-OH is 2. The van der Waals surface area contributed by atoms with Gasteiger partial charge in [-0.15, -0.1) is 11.3 Å². The first-order valence-electron chi connectivity index (χ1n) is 13.2. The van der Waals surface area contributed by atoms with Crippen LogP contribution in [0.3, 0.4) is 0 Å². The van der Waals surface area contributed by atoms with Crippen LogP contribution in [-0.2, 0) is 19.1 Å². The van der Waals surface area contributed by atoms with E-state index in [4.69, 9.17) is 9.47 Å². The minimum atomic E-state index is -1.23. The molecule has 0 radical (unpaired) electrons. The molecule has 2 N–H and O–H groups in total. The first kappa shape index (κ1) is 29.0. The smallest absolute Gasteiger partial charge is 0.309 e. The number of hydrogen-bond acceptors (Lipinski definition) is 8. The third-order valence-corrected chi connectivity index (χ3v) is 9.12. The lowest BCUT2D eigenvalue weighted by Gasteiger charge is -2.34. The van der Waals surface area contributed by atoms with Crippen molar-refractivity contribution in [3.8, 4) is 0 Å². The van der Waals surface area contributed by atoms with Gasteiger partial charge in [-0.25, -0.2) is 4.98 Å². The Labute approximate surface area is 219 Å². The van der Waals surface area contributed by atoms with Crippen LogP contribution in [0.4, 0.5) is 0 Å². The molecular weight excluding hydrogens is 478 g/mol. The summed E-state index contributed by atoms with van der Waals surface area (Å²) in [5, 5.41) is 24.7. The van der Waals surface area contributed by atoms with Crippen LogP contribution in [0.25, 0.3) is 6.08 Å². The van der Waals surface area contributed by atoms with Crippen molar-refractivity contribution in [2.45, 2.75) is 117 Å². The number of thiazole rings is 1. The fourth-order valence-electron chi connectivity index (χ4n) is 5.43. The standard InChI is InChI=1S/C28H43NO6S/c1-8-28-11-9-10-16(2)25(32)18(4)26(33)27(6,7)22(30)14-24(31)34-21(13-23(28)35-28)17(3)12-20-15-36-19(5)29-20/h12,15-16,18,21-23,25,30,32H,8-11,13-14H2,1-7H3/b17-12+/t16-,18+,21-,22-,23-,25-,28+/m0/s1. The highest BCUT2D eigenvalue weighted by molar-refractivity contribution is 7.09. The average Bonchev–Trinajstić information content (AvgIpc) is 3.35. The summed E-state index contributed by atoms with van der Waals surface area (Å²) in [6, 6.07) is 0. The molecule has 2 aliphatic rings. The number of rotatable bonds is 3. The summed E-state index contributed by atoms with van der Waals surface area (Å²) in [5.74, 6) is -1.54. The minimum Gasteiger partial charge on any atom is -0.458 e. The molecule has 0 spiro atoms. The predicted octanol–water partition coefficient (Wildman–Crippen LogP) is 4.87. The Kier molecular flexibility index (Phi) is 9.18. The van der Waals surface area contributed by atoms with E-state index in [-0.39, 0.29) is 29.8 Å². The zero-order valence-electron chi connectivity index (χ0n) is 22.7. The van der Waals surface area contributed by atoms with Gasteiger partial charge in [0.2, 0.25) is 0 Å². The Hall–Kier alpha value is -1.61. The van der Waals surface area contributed by atoms with Crippen LogP contribution in [0.15, 0.2) is 11.0 Å². The van der Waals surface area contributed by atoms with Gasteiger partial charge in [0.15, 0.2) is 0 Å². The lowest BCUT2D eigenvalue weighted by molar-refractivity contribution is -0.154. The molecule has 2 fully saturated rings. The number of hydrogen-bond donors (Lipinski definition) is 2. The van der Waals surface area contributed by atoms with Crippen molar-refractivity contribution >= 4 is 29.2 Å². The average molecular weight is 522 g/mol. The van der Waals surface area contributed by atoms with Gasteiger partial charge >= 0.3 is 5.97 Å². The summed E-state index contributed by atoms with van der Waals surface area (Å²) >= 11 is 1.56. The molecule has 3 rings (SSSR count). The van der Waals surface area contributed by atoms with E-state index in [2.05, 4.69) is 11.9 Å². The molecule has 1 aromatic rings. The highest BCUT2D eigenvalue weighted by atomic mass is 32.1. The number of aryl methyl sites for hydroxylation is 1. The molecule has 3 heterocycles. The van der Waals surface area contributed by atoms with E-state index in [1.165, 1.54) is 0 Å². The Bertz CT molecular complexity index is 971. The number of aromatic nitrogens is 1. The van der Waals surface area contributed by atoms with E-state index in [9.17, 15) is 19.8 Å². The van der Waals surface area contributed by atoms with E-state index >= 15 is 0 Å². The zero-order chi connectivity index (χ0) is 26.8. The lowest BCUT2D eigenvalue weighted by atomic mass is 9.73. The number of esters is 1. The number of carbonyl (C=O) groups is 2. The molecular formula is C28H43NO6S. The number of Topliss-reactive ketones (excluding diaryl/α,β-unsaturated/α-hetero) is 1. The highest BCUT2D eigenvalue weighted by Crippen LogP contribution is 2.47. The van der Waals surface area contributed by atoms with E-state index in [0.29, 0.717) is 6.42 Å². The van der Waals surface area contributed by atoms with Crippen molar-refractivity contribution in [2.75, 3.05) is 0 Å². The Morgan fingerprint density at radius 2 is 1.97 bits per heavy atom. The van der Waals surface area contributed by atoms with Crippen LogP contribution < -0.4 is 0 Å². The monoisotopic (exact) mass is 521 g/mol. The number of cyclic esters (lactones) is 1. The third-order valence-electron chi connectivity index (χ3n) is 8.32. The third kappa shape index (κ3) is 6.44. The molecule has 1 aromatic heterocycles. The molecule has 7 atom stereocenters. The molecule has 2 aliphatic heterocycles. The maximum Gasteiger partial charge on any atom is 0.309 e. The number of epoxide rings is 1. The Morgan fingerprint density at radius 1 is 1.28 bits per heavy atom. The van der Waals surface area contributed by atoms with Crippen molar-refractivity contribution in [2.24, 2.45) is 17.3 Å². The molecule has 0 aromatic carbocycles. The normalized spacial score (nSPS) is 36.8. The Balaban J connectivity index is 1.88. The van der Waals surface area contributed by atoms with E-state index in [0.717, 1.165) is 42.0 Å². The minimum absolute atomic E-state index is 0.0316. The second-order valence-electron chi connectivity index (χ2n) is 11.4. The fraction of sp³-hybridized carbons (Fsp3) is 0.750. The van der Waals surface area contributed by atoms with Crippen molar-refractivity contribution < 1.29 is 29.3 Å². The molecule has 0 amide bonds. The second-order valence-corrected chi connectivity index (χ2v) is 12.4. The molecule has 2 saturated heterocycles.